The fourth-order valence-corrected chi connectivity index (χ4v) is 1.79. The van der Waals surface area contributed by atoms with Crippen LogP contribution in [-0.4, -0.2) is 28.9 Å². The molecule has 1 amide bonds. The molecule has 5 heteroatoms. The molecule has 0 fully saturated rings. The highest BCUT2D eigenvalue weighted by Gasteiger charge is 2.15. The standard InChI is InChI=1S/C14H21N3O2/c1-4-10(2)14(18)17(3)9-11-6-5-7-12(8-11)13(15)16-19/h5-8,10,19H,4,9H2,1-3H3,(H2,15,16). The van der Waals surface area contributed by atoms with Gasteiger partial charge in [-0.05, 0) is 18.1 Å². The van der Waals surface area contributed by atoms with Gasteiger partial charge in [-0.25, -0.2) is 0 Å². The van der Waals surface area contributed by atoms with Crippen molar-refractivity contribution in [3.8, 4) is 0 Å². The van der Waals surface area contributed by atoms with Crippen molar-refractivity contribution in [2.45, 2.75) is 26.8 Å². The summed E-state index contributed by atoms with van der Waals surface area (Å²) in [5.41, 5.74) is 7.13. The molecule has 3 N–H and O–H groups in total. The van der Waals surface area contributed by atoms with E-state index < -0.39 is 0 Å². The average molecular weight is 263 g/mol. The molecule has 0 aromatic heterocycles. The maximum absolute atomic E-state index is 12.0. The van der Waals surface area contributed by atoms with E-state index in [1.54, 1.807) is 18.0 Å². The van der Waals surface area contributed by atoms with Crippen LogP contribution < -0.4 is 5.73 Å². The molecule has 0 heterocycles. The molecular formula is C14H21N3O2. The van der Waals surface area contributed by atoms with Crippen LogP contribution >= 0.6 is 0 Å². The van der Waals surface area contributed by atoms with E-state index >= 15 is 0 Å². The lowest BCUT2D eigenvalue weighted by molar-refractivity contribution is -0.134. The highest BCUT2D eigenvalue weighted by molar-refractivity contribution is 5.97. The van der Waals surface area contributed by atoms with Gasteiger partial charge in [0.2, 0.25) is 5.91 Å². The van der Waals surface area contributed by atoms with Crippen molar-refractivity contribution in [2.24, 2.45) is 16.8 Å². The lowest BCUT2D eigenvalue weighted by Gasteiger charge is -2.21. The van der Waals surface area contributed by atoms with E-state index in [-0.39, 0.29) is 17.7 Å². The molecule has 19 heavy (non-hydrogen) atoms. The summed E-state index contributed by atoms with van der Waals surface area (Å²) < 4.78 is 0. The lowest BCUT2D eigenvalue weighted by atomic mass is 10.1. The Kier molecular flexibility index (Phi) is 5.36. The van der Waals surface area contributed by atoms with E-state index in [0.717, 1.165) is 12.0 Å². The Morgan fingerprint density at radius 2 is 2.21 bits per heavy atom. The molecule has 1 aromatic carbocycles. The van der Waals surface area contributed by atoms with Gasteiger partial charge in [0.15, 0.2) is 5.84 Å². The Balaban J connectivity index is 2.80. The van der Waals surface area contributed by atoms with Gasteiger partial charge in [-0.3, -0.25) is 4.79 Å². The molecule has 1 unspecified atom stereocenters. The number of benzene rings is 1. The van der Waals surface area contributed by atoms with Gasteiger partial charge in [0.1, 0.15) is 0 Å². The van der Waals surface area contributed by atoms with E-state index in [0.29, 0.717) is 12.1 Å². The van der Waals surface area contributed by atoms with Crippen LogP contribution in [0.1, 0.15) is 31.4 Å². The quantitative estimate of drug-likeness (QED) is 0.368. The van der Waals surface area contributed by atoms with Gasteiger partial charge < -0.3 is 15.8 Å². The largest absolute Gasteiger partial charge is 0.409 e. The number of amides is 1. The predicted octanol–water partition coefficient (Wildman–Crippen LogP) is 1.79. The maximum atomic E-state index is 12.0. The number of carbonyl (C=O) groups is 1. The number of hydrogen-bond donors (Lipinski definition) is 2. The van der Waals surface area contributed by atoms with Crippen LogP contribution in [0, 0.1) is 5.92 Å². The second-order valence-corrected chi connectivity index (χ2v) is 4.69. The minimum absolute atomic E-state index is 0.0252. The molecular weight excluding hydrogens is 242 g/mol. The zero-order valence-electron chi connectivity index (χ0n) is 11.6. The summed E-state index contributed by atoms with van der Waals surface area (Å²) in [5.74, 6) is 0.215. The van der Waals surface area contributed by atoms with Crippen molar-refractivity contribution in [2.75, 3.05) is 7.05 Å². The summed E-state index contributed by atoms with van der Waals surface area (Å²) in [6, 6.07) is 7.31. The van der Waals surface area contributed by atoms with E-state index in [1.807, 2.05) is 32.0 Å². The molecule has 104 valence electrons. The van der Waals surface area contributed by atoms with Crippen LogP contribution in [-0.2, 0) is 11.3 Å². The van der Waals surface area contributed by atoms with Crippen molar-refractivity contribution in [1.29, 1.82) is 0 Å². The van der Waals surface area contributed by atoms with Crippen LogP contribution in [0.15, 0.2) is 29.4 Å². The number of rotatable bonds is 5. The first kappa shape index (κ1) is 15.0. The summed E-state index contributed by atoms with van der Waals surface area (Å²) >= 11 is 0. The lowest BCUT2D eigenvalue weighted by Crippen LogP contribution is -2.31. The molecule has 1 rings (SSSR count). The molecule has 0 aliphatic heterocycles. The fraction of sp³-hybridized carbons (Fsp3) is 0.429. The molecule has 0 aliphatic carbocycles. The number of carbonyl (C=O) groups excluding carboxylic acids is 1. The zero-order valence-corrected chi connectivity index (χ0v) is 11.6. The smallest absolute Gasteiger partial charge is 0.225 e. The molecule has 0 saturated heterocycles. The third kappa shape index (κ3) is 3.98. The summed E-state index contributed by atoms with van der Waals surface area (Å²) in [6.07, 6.45) is 0.827. The zero-order chi connectivity index (χ0) is 14.4. The third-order valence-electron chi connectivity index (χ3n) is 3.16. The second-order valence-electron chi connectivity index (χ2n) is 4.69. The summed E-state index contributed by atoms with van der Waals surface area (Å²) in [4.78, 5) is 13.7. The van der Waals surface area contributed by atoms with Crippen molar-refractivity contribution in [3.63, 3.8) is 0 Å². The Morgan fingerprint density at radius 3 is 2.79 bits per heavy atom. The molecule has 0 bridgehead atoms. The van der Waals surface area contributed by atoms with Crippen molar-refractivity contribution >= 4 is 11.7 Å². The Bertz CT molecular complexity index is 472. The van der Waals surface area contributed by atoms with Gasteiger partial charge in [-0.2, -0.15) is 0 Å². The molecule has 0 radical (unpaired) electrons. The highest BCUT2D eigenvalue weighted by Crippen LogP contribution is 2.11. The first-order valence-electron chi connectivity index (χ1n) is 6.31. The summed E-state index contributed by atoms with van der Waals surface area (Å²) in [7, 11) is 1.78. The Labute approximate surface area is 113 Å². The molecule has 0 aliphatic rings. The van der Waals surface area contributed by atoms with Crippen LogP contribution in [0.4, 0.5) is 0 Å². The van der Waals surface area contributed by atoms with Crippen molar-refractivity contribution in [1.82, 2.24) is 4.90 Å². The van der Waals surface area contributed by atoms with E-state index in [2.05, 4.69) is 5.16 Å². The van der Waals surface area contributed by atoms with Gasteiger partial charge in [-0.1, -0.05) is 37.2 Å². The van der Waals surface area contributed by atoms with Gasteiger partial charge in [0, 0.05) is 25.1 Å². The molecule has 0 spiro atoms. The van der Waals surface area contributed by atoms with E-state index in [9.17, 15) is 4.79 Å². The maximum Gasteiger partial charge on any atom is 0.225 e. The molecule has 0 saturated carbocycles. The SMILES string of the molecule is CCC(C)C(=O)N(C)Cc1cccc(C(N)=NO)c1. The predicted molar refractivity (Wildman–Crippen MR) is 74.9 cm³/mol. The van der Waals surface area contributed by atoms with Gasteiger partial charge in [-0.15, -0.1) is 0 Å². The minimum Gasteiger partial charge on any atom is -0.409 e. The van der Waals surface area contributed by atoms with Crippen molar-refractivity contribution in [3.05, 3.63) is 35.4 Å². The first-order chi connectivity index (χ1) is 8.99. The normalized spacial score (nSPS) is 13.1. The first-order valence-corrected chi connectivity index (χ1v) is 6.31. The molecule has 5 nitrogen and oxygen atoms in total. The summed E-state index contributed by atoms with van der Waals surface area (Å²) in [5, 5.41) is 11.6. The molecule has 1 aromatic rings. The second kappa shape index (κ2) is 6.78. The minimum atomic E-state index is 0.0252. The number of nitrogens with zero attached hydrogens (tertiary/aromatic N) is 2. The molecule has 1 atom stereocenters. The van der Waals surface area contributed by atoms with Gasteiger partial charge in [0.05, 0.1) is 0 Å². The monoisotopic (exact) mass is 263 g/mol. The van der Waals surface area contributed by atoms with Crippen molar-refractivity contribution < 1.29 is 10.0 Å². The number of hydrogen-bond acceptors (Lipinski definition) is 3. The number of nitrogens with two attached hydrogens (primary N) is 1. The topological polar surface area (TPSA) is 78.9 Å². The average Bonchev–Trinajstić information content (AvgIpc) is 2.44. The fourth-order valence-electron chi connectivity index (χ4n) is 1.79. The van der Waals surface area contributed by atoms with Crippen LogP contribution in [0.3, 0.4) is 0 Å². The Morgan fingerprint density at radius 1 is 1.53 bits per heavy atom. The summed E-state index contributed by atoms with van der Waals surface area (Å²) in [6.45, 7) is 4.43. The van der Waals surface area contributed by atoms with E-state index in [4.69, 9.17) is 10.9 Å². The third-order valence-corrected chi connectivity index (χ3v) is 3.16. The van der Waals surface area contributed by atoms with Crippen LogP contribution in [0.25, 0.3) is 0 Å². The number of oxime groups is 1. The Hall–Kier alpha value is -2.04. The van der Waals surface area contributed by atoms with Crippen LogP contribution in [0.5, 0.6) is 0 Å². The van der Waals surface area contributed by atoms with Gasteiger partial charge >= 0.3 is 0 Å². The van der Waals surface area contributed by atoms with Crippen LogP contribution in [0.2, 0.25) is 0 Å². The highest BCUT2D eigenvalue weighted by atomic mass is 16.4. The number of amidine groups is 1. The van der Waals surface area contributed by atoms with E-state index in [1.165, 1.54) is 0 Å². The van der Waals surface area contributed by atoms with Gasteiger partial charge in [0.25, 0.3) is 0 Å².